The number of benzene rings is 2. The molecule has 0 heterocycles. The molecule has 2 aromatic rings. The lowest BCUT2D eigenvalue weighted by atomic mass is 9.84. The first-order valence-corrected chi connectivity index (χ1v) is 10.5. The van der Waals surface area contributed by atoms with E-state index in [2.05, 4.69) is 52.8 Å². The minimum absolute atomic E-state index is 0.277. The molecule has 4 nitrogen and oxygen atoms in total. The van der Waals surface area contributed by atoms with Gasteiger partial charge in [0.25, 0.3) is 5.91 Å². The van der Waals surface area contributed by atoms with Crippen molar-refractivity contribution in [2.24, 2.45) is 11.8 Å². The molecule has 2 aromatic carbocycles. The minimum Gasteiger partial charge on any atom is -0.298 e. The van der Waals surface area contributed by atoms with Gasteiger partial charge in [-0.05, 0) is 29.0 Å². The van der Waals surface area contributed by atoms with E-state index in [4.69, 9.17) is 4.84 Å². The van der Waals surface area contributed by atoms with Crippen molar-refractivity contribution < 1.29 is 14.4 Å². The molecule has 0 bridgehead atoms. The van der Waals surface area contributed by atoms with Crippen LogP contribution < -0.4 is 0 Å². The topological polar surface area (TPSA) is 46.6 Å². The van der Waals surface area contributed by atoms with Gasteiger partial charge in [-0.1, -0.05) is 88.7 Å². The molecule has 0 saturated carbocycles. The zero-order valence-electron chi connectivity index (χ0n) is 18.9. The van der Waals surface area contributed by atoms with Crippen LogP contribution in [0.5, 0.6) is 0 Å². The predicted molar refractivity (Wildman–Crippen MR) is 121 cm³/mol. The Morgan fingerprint density at radius 3 is 2.20 bits per heavy atom. The van der Waals surface area contributed by atoms with Gasteiger partial charge >= 0.3 is 0 Å². The third-order valence-electron chi connectivity index (χ3n) is 5.20. The number of amides is 1. The van der Waals surface area contributed by atoms with E-state index < -0.39 is 0 Å². The number of carbonyl (C=O) groups is 2. The van der Waals surface area contributed by atoms with E-state index in [1.165, 1.54) is 16.2 Å². The number of nitrogens with zero attached hydrogens (tertiary/aromatic N) is 1. The van der Waals surface area contributed by atoms with Gasteiger partial charge in [-0.2, -0.15) is 0 Å². The molecule has 0 saturated heterocycles. The van der Waals surface area contributed by atoms with Crippen molar-refractivity contribution in [2.45, 2.75) is 47.1 Å². The lowest BCUT2D eigenvalue weighted by Crippen LogP contribution is -2.27. The second kappa shape index (κ2) is 10.9. The summed E-state index contributed by atoms with van der Waals surface area (Å²) >= 11 is 0. The first-order valence-electron chi connectivity index (χ1n) is 10.5. The van der Waals surface area contributed by atoms with Crippen molar-refractivity contribution in [3.05, 3.63) is 82.4 Å². The lowest BCUT2D eigenvalue weighted by Gasteiger charge is -2.22. The summed E-state index contributed by atoms with van der Waals surface area (Å²) in [6.45, 7) is 11.4. The Morgan fingerprint density at radius 1 is 1.00 bits per heavy atom. The molecule has 1 amide bonds. The number of carbonyl (C=O) groups excluding carboxylic acids is 2. The van der Waals surface area contributed by atoms with Gasteiger partial charge in [0.2, 0.25) is 0 Å². The summed E-state index contributed by atoms with van der Waals surface area (Å²) in [6, 6.07) is 15.0. The third kappa shape index (κ3) is 6.14. The number of hydrogen-bond donors (Lipinski definition) is 0. The van der Waals surface area contributed by atoms with Gasteiger partial charge in [0.05, 0.1) is 5.56 Å². The van der Waals surface area contributed by atoms with Gasteiger partial charge in [-0.25, -0.2) is 5.06 Å². The van der Waals surface area contributed by atoms with Crippen LogP contribution in [0.15, 0.2) is 60.2 Å². The zero-order chi connectivity index (χ0) is 22.3. The molecule has 0 aliphatic carbocycles. The highest BCUT2D eigenvalue weighted by Gasteiger charge is 2.17. The van der Waals surface area contributed by atoms with Crippen LogP contribution in [0, 0.1) is 11.8 Å². The molecule has 0 aliphatic heterocycles. The molecule has 0 N–H and O–H groups in total. The van der Waals surface area contributed by atoms with Gasteiger partial charge in [0, 0.05) is 18.5 Å². The fraction of sp³-hybridized carbons (Fsp3) is 0.385. The Morgan fingerprint density at radius 2 is 1.63 bits per heavy atom. The van der Waals surface area contributed by atoms with Crippen molar-refractivity contribution in [3.63, 3.8) is 0 Å². The quantitative estimate of drug-likeness (QED) is 0.289. The summed E-state index contributed by atoms with van der Waals surface area (Å²) < 4.78 is 0. The van der Waals surface area contributed by atoms with E-state index in [0.717, 1.165) is 5.56 Å². The Balaban J connectivity index is 2.04. The molecule has 0 aliphatic rings. The summed E-state index contributed by atoms with van der Waals surface area (Å²) in [6.07, 6.45) is 3.05. The second-order valence-corrected chi connectivity index (χ2v) is 8.31. The van der Waals surface area contributed by atoms with Crippen molar-refractivity contribution in [1.29, 1.82) is 0 Å². The molecule has 160 valence electrons. The molecule has 0 aromatic heterocycles. The standard InChI is InChI=1S/C26H33NO3/c1-18(2)15-25(19(3)4)20(5)22-13-11-21(12-14-22)17-30-27(6)26(29)24-10-8-7-9-23(24)16-28/h7-16,18-20H,17H2,1-6H3/b25-15+. The number of rotatable bonds is 9. The molecule has 30 heavy (non-hydrogen) atoms. The Bertz CT molecular complexity index is 881. The predicted octanol–water partition coefficient (Wildman–Crippen LogP) is 6.04. The average Bonchev–Trinajstić information content (AvgIpc) is 2.74. The third-order valence-corrected chi connectivity index (χ3v) is 5.20. The highest BCUT2D eigenvalue weighted by Crippen LogP contribution is 2.30. The van der Waals surface area contributed by atoms with Gasteiger partial charge in [0.15, 0.2) is 6.29 Å². The highest BCUT2D eigenvalue weighted by atomic mass is 16.7. The molecule has 0 spiro atoms. The molecule has 4 heteroatoms. The van der Waals surface area contributed by atoms with E-state index in [9.17, 15) is 9.59 Å². The SMILES string of the molecule is CC(C)/C=C(\C(C)C)C(C)c1ccc(CON(C)C(=O)c2ccccc2C=O)cc1. The van der Waals surface area contributed by atoms with Crippen LogP contribution >= 0.6 is 0 Å². The van der Waals surface area contributed by atoms with Crippen LogP contribution in [-0.2, 0) is 11.4 Å². The van der Waals surface area contributed by atoms with E-state index in [-0.39, 0.29) is 12.5 Å². The van der Waals surface area contributed by atoms with Crippen LogP contribution in [0.3, 0.4) is 0 Å². The van der Waals surface area contributed by atoms with E-state index in [0.29, 0.717) is 35.2 Å². The molecular weight excluding hydrogens is 374 g/mol. The average molecular weight is 408 g/mol. The van der Waals surface area contributed by atoms with Crippen LogP contribution in [0.2, 0.25) is 0 Å². The summed E-state index contributed by atoms with van der Waals surface area (Å²) in [4.78, 5) is 29.3. The largest absolute Gasteiger partial charge is 0.298 e. The Labute approximate surface area is 180 Å². The Kier molecular flexibility index (Phi) is 8.55. The fourth-order valence-electron chi connectivity index (χ4n) is 3.51. The maximum atomic E-state index is 12.6. The van der Waals surface area contributed by atoms with Crippen molar-refractivity contribution in [3.8, 4) is 0 Å². The molecule has 0 fully saturated rings. The van der Waals surface area contributed by atoms with Crippen LogP contribution in [0.1, 0.15) is 72.4 Å². The first-order chi connectivity index (χ1) is 14.2. The van der Waals surface area contributed by atoms with Crippen LogP contribution in [0.25, 0.3) is 0 Å². The van der Waals surface area contributed by atoms with Gasteiger partial charge in [-0.15, -0.1) is 0 Å². The molecular formula is C26H33NO3. The fourth-order valence-corrected chi connectivity index (χ4v) is 3.51. The van der Waals surface area contributed by atoms with Crippen molar-refractivity contribution >= 4 is 12.2 Å². The minimum atomic E-state index is -0.344. The summed E-state index contributed by atoms with van der Waals surface area (Å²) in [7, 11) is 1.56. The number of aldehydes is 1. The van der Waals surface area contributed by atoms with Crippen molar-refractivity contribution in [2.75, 3.05) is 7.05 Å². The molecule has 1 unspecified atom stereocenters. The normalized spacial score (nSPS) is 12.9. The van der Waals surface area contributed by atoms with E-state index in [1.54, 1.807) is 31.3 Å². The van der Waals surface area contributed by atoms with Crippen LogP contribution in [0.4, 0.5) is 0 Å². The number of hydroxylamine groups is 2. The molecule has 0 radical (unpaired) electrons. The lowest BCUT2D eigenvalue weighted by molar-refractivity contribution is -0.116. The maximum absolute atomic E-state index is 12.6. The maximum Gasteiger partial charge on any atom is 0.277 e. The van der Waals surface area contributed by atoms with Crippen molar-refractivity contribution in [1.82, 2.24) is 5.06 Å². The summed E-state index contributed by atoms with van der Waals surface area (Å²) in [5.41, 5.74) is 4.38. The summed E-state index contributed by atoms with van der Waals surface area (Å²) in [5.74, 6) is 1.03. The number of hydrogen-bond acceptors (Lipinski definition) is 3. The first kappa shape index (κ1) is 23.6. The zero-order valence-corrected chi connectivity index (χ0v) is 18.9. The molecule has 1 atom stereocenters. The summed E-state index contributed by atoms with van der Waals surface area (Å²) in [5, 5.41) is 1.18. The van der Waals surface area contributed by atoms with Gasteiger partial charge in [0.1, 0.15) is 6.61 Å². The van der Waals surface area contributed by atoms with E-state index in [1.807, 2.05) is 12.1 Å². The van der Waals surface area contributed by atoms with E-state index >= 15 is 0 Å². The smallest absolute Gasteiger partial charge is 0.277 e. The van der Waals surface area contributed by atoms with Crippen LogP contribution in [-0.4, -0.2) is 24.3 Å². The van der Waals surface area contributed by atoms with Gasteiger partial charge in [-0.3, -0.25) is 14.4 Å². The number of allylic oxidation sites excluding steroid dienone is 2. The molecule has 2 rings (SSSR count). The Hall–Kier alpha value is -2.72. The van der Waals surface area contributed by atoms with Gasteiger partial charge < -0.3 is 0 Å². The monoisotopic (exact) mass is 407 g/mol. The second-order valence-electron chi connectivity index (χ2n) is 8.31. The highest BCUT2D eigenvalue weighted by molar-refractivity contribution is 6.00.